The molecule has 16 heteroatoms. The van der Waals surface area contributed by atoms with E-state index in [4.69, 9.17) is 18.5 Å². The van der Waals surface area contributed by atoms with Gasteiger partial charge in [0.05, 0.1) is 12.7 Å². The Kier molecular flexibility index (Phi) is 9.86. The van der Waals surface area contributed by atoms with E-state index in [2.05, 4.69) is 10.1 Å². The summed E-state index contributed by atoms with van der Waals surface area (Å²) in [7, 11) is -0.758. The Morgan fingerprint density at radius 1 is 1.28 bits per heavy atom. The van der Waals surface area contributed by atoms with E-state index in [9.17, 15) is 24.1 Å². The number of hydrogen-bond acceptors (Lipinski definition) is 11. The van der Waals surface area contributed by atoms with Crippen molar-refractivity contribution in [1.29, 1.82) is 0 Å². The number of nitrogens with zero attached hydrogens (tertiary/aromatic N) is 4. The molecule has 43 heavy (non-hydrogen) atoms. The van der Waals surface area contributed by atoms with E-state index < -0.39 is 62.8 Å². The van der Waals surface area contributed by atoms with Gasteiger partial charge in [0.2, 0.25) is 5.82 Å². The van der Waals surface area contributed by atoms with Crippen LogP contribution in [0.3, 0.4) is 0 Å². The maximum atomic E-state index is 15.9. The van der Waals surface area contributed by atoms with Crippen LogP contribution in [0, 0.1) is 0 Å². The van der Waals surface area contributed by atoms with Crippen LogP contribution in [-0.2, 0) is 28.2 Å². The lowest BCUT2D eigenvalue weighted by Crippen LogP contribution is -2.45. The summed E-state index contributed by atoms with van der Waals surface area (Å²) in [5, 5.41) is 13.2. The second kappa shape index (κ2) is 12.9. The van der Waals surface area contributed by atoms with Crippen LogP contribution in [0.5, 0.6) is 5.75 Å². The molecule has 2 aromatic rings. The van der Waals surface area contributed by atoms with E-state index in [0.717, 1.165) is 11.5 Å². The molecule has 1 aromatic carbocycles. The zero-order valence-corrected chi connectivity index (χ0v) is 25.6. The molecule has 2 fully saturated rings. The Labute approximate surface area is 248 Å². The number of likely N-dealkylation sites (N-methyl/N-ethyl adjacent to an activating group) is 1. The molecular weight excluding hydrogens is 588 g/mol. The van der Waals surface area contributed by atoms with Crippen molar-refractivity contribution in [2.45, 2.75) is 51.0 Å². The molecule has 3 heterocycles. The van der Waals surface area contributed by atoms with Gasteiger partial charge in [-0.2, -0.15) is 0 Å². The van der Waals surface area contributed by atoms with Crippen molar-refractivity contribution < 1.29 is 42.2 Å². The van der Waals surface area contributed by atoms with Gasteiger partial charge in [-0.3, -0.25) is 18.8 Å². The Morgan fingerprint density at radius 2 is 1.95 bits per heavy atom. The van der Waals surface area contributed by atoms with Crippen LogP contribution < -0.4 is 19.8 Å². The Hall–Kier alpha value is -3.04. The highest BCUT2D eigenvalue weighted by Gasteiger charge is 2.57. The van der Waals surface area contributed by atoms with Crippen molar-refractivity contribution in [2.75, 3.05) is 46.9 Å². The fourth-order valence-corrected chi connectivity index (χ4v) is 5.92. The zero-order valence-electron chi connectivity index (χ0n) is 24.7. The first-order chi connectivity index (χ1) is 20.2. The highest BCUT2D eigenvalue weighted by Crippen LogP contribution is 2.47. The number of hydrogen-bond donors (Lipinski definition) is 2. The number of carbonyl (C=O) groups excluding carboxylic acids is 2. The first kappa shape index (κ1) is 32.9. The molecule has 2 N–H and O–H groups in total. The van der Waals surface area contributed by atoms with Gasteiger partial charge in [0.25, 0.3) is 0 Å². The van der Waals surface area contributed by atoms with Gasteiger partial charge in [-0.25, -0.2) is 28.1 Å². The first-order valence-electron chi connectivity index (χ1n) is 13.8. The maximum absolute atomic E-state index is 15.9. The Morgan fingerprint density at radius 3 is 2.53 bits per heavy atom. The lowest BCUT2D eigenvalue weighted by atomic mass is 9.98. The number of amides is 1. The van der Waals surface area contributed by atoms with Crippen LogP contribution in [-0.4, -0.2) is 102 Å². The summed E-state index contributed by atoms with van der Waals surface area (Å²) in [6, 6.07) is 9.47. The monoisotopic (exact) mass is 626 g/mol. The predicted octanol–water partition coefficient (Wildman–Crippen LogP) is 1.38. The van der Waals surface area contributed by atoms with Gasteiger partial charge < -0.3 is 19.1 Å². The van der Waals surface area contributed by atoms with E-state index >= 15 is 4.39 Å². The van der Waals surface area contributed by atoms with Gasteiger partial charge in [-0.15, -0.1) is 4.98 Å². The quantitative estimate of drug-likeness (QED) is 0.143. The maximum Gasteiger partial charge on any atom is 0.459 e. The molecule has 14 nitrogen and oxygen atoms in total. The summed E-state index contributed by atoms with van der Waals surface area (Å²) >= 11 is 0. The van der Waals surface area contributed by atoms with E-state index in [-0.39, 0.29) is 28.5 Å². The number of benzene rings is 1. The van der Waals surface area contributed by atoms with Crippen LogP contribution in [0.15, 0.2) is 47.4 Å². The first-order valence-corrected chi connectivity index (χ1v) is 15.3. The minimum atomic E-state index is -4.28. The number of quaternary nitrogens is 1. The molecule has 0 saturated carbocycles. The molecule has 0 unspecified atom stereocenters. The van der Waals surface area contributed by atoms with Crippen LogP contribution >= 0.6 is 7.75 Å². The van der Waals surface area contributed by atoms with E-state index in [1.165, 1.54) is 24.4 Å². The molecule has 0 aliphatic carbocycles. The Balaban J connectivity index is 1.49. The molecule has 4 rings (SSSR count). The number of aromatic nitrogens is 2. The van der Waals surface area contributed by atoms with Crippen molar-refractivity contribution in [3.05, 3.63) is 53.1 Å². The minimum Gasteiger partial charge on any atom is -0.462 e. The normalized spacial score (nSPS) is 25.8. The third-order valence-corrected chi connectivity index (χ3v) is 8.47. The van der Waals surface area contributed by atoms with Crippen molar-refractivity contribution in [2.24, 2.45) is 0 Å². The fraction of sp³-hybridized carbons (Fsp3) is 0.556. The number of halogens is 1. The molecular formula is C27H38FN5O9P+. The number of para-hydroxylation sites is 1. The second-order valence-corrected chi connectivity index (χ2v) is 13.0. The topological polar surface area (TPSA) is 159 Å². The summed E-state index contributed by atoms with van der Waals surface area (Å²) in [6.45, 7) is 4.37. The van der Waals surface area contributed by atoms with Crippen LogP contribution in [0.25, 0.3) is 0 Å². The highest BCUT2D eigenvalue weighted by atomic mass is 31.2. The standard InChI is InChI=1S/C27H38FN5O9P/c1-18(2)40-23(35)15-29-43(38,42-19-9-7-6-8-10-19)39-17-20-24(36)27(3,28)25(41-20)32-12-11-21(30-26(32)37)33(13-14-33)22(34)16-31(4)5/h6-12,18,20,24-25,36H,13-17H2,1-5H3,(H,29,38)/q+1/t20-,24-,25-,27-,43+/m1/s1. The predicted molar refractivity (Wildman–Crippen MR) is 153 cm³/mol. The number of aliphatic hydroxyl groups excluding tert-OH is 1. The molecule has 0 spiro atoms. The number of carbonyl (C=O) groups is 2. The lowest BCUT2D eigenvalue weighted by Gasteiger charge is -2.25. The fourth-order valence-electron chi connectivity index (χ4n) is 4.65. The summed E-state index contributed by atoms with van der Waals surface area (Å²) in [6.07, 6.45) is -3.96. The SMILES string of the molecule is CC(C)OC(=O)CN[P@](=O)(OC[C@H]1O[C@@H](n2ccc([N+]3(C(=O)CN(C)C)CC3)nc2=O)[C@](C)(F)[C@@H]1O)Oc1ccccc1. The van der Waals surface area contributed by atoms with Crippen molar-refractivity contribution in [3.8, 4) is 5.75 Å². The van der Waals surface area contributed by atoms with Gasteiger partial charge in [0.1, 0.15) is 44.1 Å². The lowest BCUT2D eigenvalue weighted by molar-refractivity contribution is -0.146. The molecule has 1 aromatic heterocycles. The van der Waals surface area contributed by atoms with E-state index in [1.807, 2.05) is 0 Å². The van der Waals surface area contributed by atoms with Gasteiger partial charge in [-0.1, -0.05) is 18.2 Å². The molecule has 5 atom stereocenters. The highest BCUT2D eigenvalue weighted by molar-refractivity contribution is 7.52. The molecule has 2 aliphatic rings. The summed E-state index contributed by atoms with van der Waals surface area (Å²) in [5.74, 6) is -0.434. The van der Waals surface area contributed by atoms with Gasteiger partial charge >= 0.3 is 25.3 Å². The third-order valence-electron chi connectivity index (χ3n) is 6.98. The summed E-state index contributed by atoms with van der Waals surface area (Å²) in [4.78, 5) is 43.6. The van der Waals surface area contributed by atoms with Crippen LogP contribution in [0.1, 0.15) is 27.0 Å². The number of esters is 1. The summed E-state index contributed by atoms with van der Waals surface area (Å²) < 4.78 is 52.0. The number of rotatable bonds is 13. The molecule has 1 amide bonds. The number of nitrogens with one attached hydrogen (secondary N) is 1. The molecule has 0 radical (unpaired) electrons. The Bertz CT molecular complexity index is 1420. The van der Waals surface area contributed by atoms with Gasteiger partial charge in [0, 0.05) is 12.3 Å². The minimum absolute atomic E-state index is 0.0832. The zero-order chi connectivity index (χ0) is 31.6. The van der Waals surface area contributed by atoms with Crippen LogP contribution in [0.4, 0.5) is 10.2 Å². The molecule has 2 saturated heterocycles. The largest absolute Gasteiger partial charge is 0.462 e. The van der Waals surface area contributed by atoms with E-state index in [1.54, 1.807) is 51.0 Å². The average molecular weight is 627 g/mol. The second-order valence-electron chi connectivity index (χ2n) is 11.2. The van der Waals surface area contributed by atoms with Gasteiger partial charge in [-0.05, 0) is 47.0 Å². The van der Waals surface area contributed by atoms with Gasteiger partial charge in [0.15, 0.2) is 11.9 Å². The smallest absolute Gasteiger partial charge is 0.459 e. The molecule has 0 bridgehead atoms. The van der Waals surface area contributed by atoms with Crippen molar-refractivity contribution in [1.82, 2.24) is 24.0 Å². The molecule has 2 aliphatic heterocycles. The van der Waals surface area contributed by atoms with E-state index in [0.29, 0.717) is 13.1 Å². The molecule has 236 valence electrons. The number of alkyl halides is 1. The number of aliphatic hydroxyl groups is 1. The van der Waals surface area contributed by atoms with Crippen molar-refractivity contribution in [3.63, 3.8) is 0 Å². The number of ether oxygens (including phenoxy) is 2. The average Bonchev–Trinajstić information content (AvgIpc) is 3.70. The summed E-state index contributed by atoms with van der Waals surface area (Å²) in [5.41, 5.74) is -3.36. The third kappa shape index (κ3) is 7.55. The van der Waals surface area contributed by atoms with Crippen LogP contribution in [0.2, 0.25) is 0 Å². The van der Waals surface area contributed by atoms with Crippen molar-refractivity contribution >= 4 is 25.4 Å².